The topological polar surface area (TPSA) is 95.5 Å². The summed E-state index contributed by atoms with van der Waals surface area (Å²) in [4.78, 5) is 36.3. The highest BCUT2D eigenvalue weighted by Gasteiger charge is 2.31. The number of benzene rings is 2. The number of amides is 2. The summed E-state index contributed by atoms with van der Waals surface area (Å²) in [5.41, 5.74) is 1.62. The Morgan fingerprint density at radius 2 is 1.44 bits per heavy atom. The van der Waals surface area contributed by atoms with Crippen LogP contribution in [0, 0.1) is 5.41 Å². The third-order valence-electron chi connectivity index (χ3n) is 4.62. The number of hydrogen-bond acceptors (Lipinski definition) is 5. The molecule has 6 nitrogen and oxygen atoms in total. The van der Waals surface area contributed by atoms with E-state index >= 15 is 0 Å². The van der Waals surface area contributed by atoms with E-state index in [1.54, 1.807) is 11.8 Å². The standard InChI is InChI=1S/C24H30N2O4S2/c1-24(2,17-32-15-19-11-7-4-8-12-19)23(30)26-20(22(29)25-13-21(27)28)16-31-14-18-9-5-3-6-10-18/h3-12,20H,13-17H2,1-2H3,(H,25,29)(H,26,30)(H,27,28)/t20-/m1/s1. The molecule has 0 fully saturated rings. The number of carbonyl (C=O) groups is 3. The van der Waals surface area contributed by atoms with Crippen molar-refractivity contribution >= 4 is 41.3 Å². The fraction of sp³-hybridized carbons (Fsp3) is 0.375. The first-order chi connectivity index (χ1) is 15.3. The van der Waals surface area contributed by atoms with Gasteiger partial charge < -0.3 is 15.7 Å². The second-order valence-corrected chi connectivity index (χ2v) is 10.0. The van der Waals surface area contributed by atoms with Crippen LogP contribution < -0.4 is 10.6 Å². The van der Waals surface area contributed by atoms with Gasteiger partial charge in [-0.1, -0.05) is 74.5 Å². The Bertz CT molecular complexity index is 876. The molecule has 32 heavy (non-hydrogen) atoms. The second-order valence-electron chi connectivity index (χ2n) is 8.00. The maximum atomic E-state index is 13.0. The molecule has 0 aliphatic heterocycles. The van der Waals surface area contributed by atoms with E-state index in [4.69, 9.17) is 5.11 Å². The van der Waals surface area contributed by atoms with Gasteiger partial charge in [0.15, 0.2) is 0 Å². The lowest BCUT2D eigenvalue weighted by molar-refractivity contribution is -0.138. The van der Waals surface area contributed by atoms with Crippen LogP contribution in [0.2, 0.25) is 0 Å². The van der Waals surface area contributed by atoms with E-state index < -0.39 is 29.9 Å². The number of carbonyl (C=O) groups excluding carboxylic acids is 2. The van der Waals surface area contributed by atoms with Crippen molar-refractivity contribution in [2.75, 3.05) is 18.1 Å². The molecule has 3 N–H and O–H groups in total. The maximum absolute atomic E-state index is 13.0. The van der Waals surface area contributed by atoms with Gasteiger partial charge in [0.25, 0.3) is 0 Å². The molecule has 0 unspecified atom stereocenters. The molecule has 1 atom stereocenters. The molecular weight excluding hydrogens is 444 g/mol. The minimum Gasteiger partial charge on any atom is -0.480 e. The van der Waals surface area contributed by atoms with Crippen molar-refractivity contribution in [2.45, 2.75) is 31.4 Å². The summed E-state index contributed by atoms with van der Waals surface area (Å²) < 4.78 is 0. The van der Waals surface area contributed by atoms with Crippen LogP contribution in [0.3, 0.4) is 0 Å². The molecule has 0 heterocycles. The van der Waals surface area contributed by atoms with E-state index in [1.165, 1.54) is 17.3 Å². The van der Waals surface area contributed by atoms with Crippen LogP contribution in [0.25, 0.3) is 0 Å². The van der Waals surface area contributed by atoms with Gasteiger partial charge in [-0.2, -0.15) is 23.5 Å². The highest BCUT2D eigenvalue weighted by atomic mass is 32.2. The molecular formula is C24H30N2O4S2. The number of carboxylic acid groups (broad SMARTS) is 1. The van der Waals surface area contributed by atoms with E-state index in [9.17, 15) is 14.4 Å². The van der Waals surface area contributed by atoms with Crippen LogP contribution >= 0.6 is 23.5 Å². The SMILES string of the molecule is CC(C)(CSCc1ccccc1)C(=O)N[C@H](CSCc1ccccc1)C(=O)NCC(=O)O. The molecule has 2 rings (SSSR count). The van der Waals surface area contributed by atoms with Gasteiger partial charge in [-0.3, -0.25) is 14.4 Å². The first-order valence-electron chi connectivity index (χ1n) is 10.3. The van der Waals surface area contributed by atoms with Crippen LogP contribution in [-0.2, 0) is 25.9 Å². The average Bonchev–Trinajstić information content (AvgIpc) is 2.78. The molecule has 0 aromatic heterocycles. The third kappa shape index (κ3) is 9.36. The molecule has 2 amide bonds. The number of hydrogen-bond donors (Lipinski definition) is 3. The molecule has 0 bridgehead atoms. The van der Waals surface area contributed by atoms with Crippen molar-refractivity contribution in [3.05, 3.63) is 71.8 Å². The van der Waals surface area contributed by atoms with E-state index in [-0.39, 0.29) is 5.91 Å². The van der Waals surface area contributed by atoms with Crippen molar-refractivity contribution in [2.24, 2.45) is 5.41 Å². The van der Waals surface area contributed by atoms with Crippen molar-refractivity contribution in [3.8, 4) is 0 Å². The van der Waals surface area contributed by atoms with Crippen LogP contribution in [-0.4, -0.2) is 47.0 Å². The molecule has 172 valence electrons. The monoisotopic (exact) mass is 474 g/mol. The summed E-state index contributed by atoms with van der Waals surface area (Å²) in [7, 11) is 0. The summed E-state index contributed by atoms with van der Waals surface area (Å²) >= 11 is 3.18. The highest BCUT2D eigenvalue weighted by Crippen LogP contribution is 2.25. The Labute approximate surface area is 197 Å². The Morgan fingerprint density at radius 1 is 0.906 bits per heavy atom. The number of carboxylic acids is 1. The second kappa shape index (κ2) is 13.2. The van der Waals surface area contributed by atoms with Gasteiger partial charge in [-0.05, 0) is 11.1 Å². The number of aliphatic carboxylic acids is 1. The first-order valence-corrected chi connectivity index (χ1v) is 12.6. The van der Waals surface area contributed by atoms with E-state index in [0.717, 1.165) is 11.3 Å². The van der Waals surface area contributed by atoms with Gasteiger partial charge >= 0.3 is 5.97 Å². The first kappa shape index (κ1) is 25.8. The van der Waals surface area contributed by atoms with Gasteiger partial charge in [0.1, 0.15) is 12.6 Å². The zero-order valence-electron chi connectivity index (χ0n) is 18.4. The molecule has 0 saturated heterocycles. The van der Waals surface area contributed by atoms with Gasteiger partial charge in [0.05, 0.1) is 5.41 Å². The molecule has 0 aliphatic carbocycles. The lowest BCUT2D eigenvalue weighted by Crippen LogP contribution is -2.52. The van der Waals surface area contributed by atoms with Crippen LogP contribution in [0.15, 0.2) is 60.7 Å². The Morgan fingerprint density at radius 3 is 1.97 bits per heavy atom. The normalized spacial score (nSPS) is 12.1. The van der Waals surface area contributed by atoms with Crippen molar-refractivity contribution in [3.63, 3.8) is 0 Å². The number of rotatable bonds is 13. The van der Waals surface area contributed by atoms with Crippen LogP contribution in [0.4, 0.5) is 0 Å². The van der Waals surface area contributed by atoms with Crippen molar-refractivity contribution < 1.29 is 19.5 Å². The van der Waals surface area contributed by atoms with E-state index in [1.807, 2.05) is 74.5 Å². The molecule has 0 spiro atoms. The summed E-state index contributed by atoms with van der Waals surface area (Å²) in [6.45, 7) is 3.22. The van der Waals surface area contributed by atoms with Crippen molar-refractivity contribution in [1.29, 1.82) is 0 Å². The average molecular weight is 475 g/mol. The quantitative estimate of drug-likeness (QED) is 0.411. The zero-order valence-corrected chi connectivity index (χ0v) is 20.0. The van der Waals surface area contributed by atoms with Crippen LogP contribution in [0.5, 0.6) is 0 Å². The summed E-state index contributed by atoms with van der Waals surface area (Å²) in [5, 5.41) is 14.1. The zero-order chi connectivity index (χ0) is 23.4. The number of thioether (sulfide) groups is 2. The summed E-state index contributed by atoms with van der Waals surface area (Å²) in [5.74, 6) is 0.581. The smallest absolute Gasteiger partial charge is 0.322 e. The Balaban J connectivity index is 1.92. The summed E-state index contributed by atoms with van der Waals surface area (Å²) in [6.07, 6.45) is 0. The predicted molar refractivity (Wildman–Crippen MR) is 132 cm³/mol. The predicted octanol–water partition coefficient (Wildman–Crippen LogP) is 3.57. The Hall–Kier alpha value is -2.45. The minimum atomic E-state index is -1.13. The highest BCUT2D eigenvalue weighted by molar-refractivity contribution is 7.98. The lowest BCUT2D eigenvalue weighted by atomic mass is 9.95. The minimum absolute atomic E-state index is 0.228. The third-order valence-corrected chi connectivity index (χ3v) is 7.19. The molecule has 2 aromatic rings. The number of nitrogens with one attached hydrogen (secondary N) is 2. The summed E-state index contributed by atoms with van der Waals surface area (Å²) in [6, 6.07) is 19.1. The van der Waals surface area contributed by atoms with Gasteiger partial charge in [0, 0.05) is 23.0 Å². The molecule has 0 radical (unpaired) electrons. The molecule has 0 aliphatic rings. The lowest BCUT2D eigenvalue weighted by Gasteiger charge is -2.26. The van der Waals surface area contributed by atoms with E-state index in [2.05, 4.69) is 10.6 Å². The fourth-order valence-corrected chi connectivity index (χ4v) is 4.94. The fourth-order valence-electron chi connectivity index (χ4n) is 2.76. The molecule has 8 heteroatoms. The van der Waals surface area contributed by atoms with Crippen molar-refractivity contribution in [1.82, 2.24) is 10.6 Å². The van der Waals surface area contributed by atoms with Crippen LogP contribution in [0.1, 0.15) is 25.0 Å². The maximum Gasteiger partial charge on any atom is 0.322 e. The largest absolute Gasteiger partial charge is 0.480 e. The van der Waals surface area contributed by atoms with Gasteiger partial charge in [-0.25, -0.2) is 0 Å². The Kier molecular flexibility index (Phi) is 10.6. The van der Waals surface area contributed by atoms with Gasteiger partial charge in [0.2, 0.25) is 11.8 Å². The molecule has 0 saturated carbocycles. The van der Waals surface area contributed by atoms with E-state index in [0.29, 0.717) is 17.3 Å². The molecule has 2 aromatic carbocycles. The van der Waals surface area contributed by atoms with Gasteiger partial charge in [-0.15, -0.1) is 0 Å².